The van der Waals surface area contributed by atoms with Crippen molar-refractivity contribution in [3.8, 4) is 0 Å². The van der Waals surface area contributed by atoms with E-state index in [1.807, 2.05) is 6.92 Å². The highest BCUT2D eigenvalue weighted by atomic mass is 35.7. The van der Waals surface area contributed by atoms with Gasteiger partial charge < -0.3 is 0 Å². The summed E-state index contributed by atoms with van der Waals surface area (Å²) >= 11 is 0. The molecule has 0 amide bonds. The number of aryl methyl sites for hydroxylation is 2. The normalized spacial score (nSPS) is 12.2. The fourth-order valence-electron chi connectivity index (χ4n) is 1.54. The maximum Gasteiger partial charge on any atom is 0.279 e. The summed E-state index contributed by atoms with van der Waals surface area (Å²) in [5.74, 6) is 0. The largest absolute Gasteiger partial charge is 0.289 e. The van der Waals surface area contributed by atoms with Crippen molar-refractivity contribution in [3.05, 3.63) is 29.6 Å². The molecule has 2 heterocycles. The van der Waals surface area contributed by atoms with E-state index in [4.69, 9.17) is 10.7 Å². The molecule has 0 spiro atoms. The molecule has 0 saturated heterocycles. The van der Waals surface area contributed by atoms with Gasteiger partial charge in [0.2, 0.25) is 0 Å². The second kappa shape index (κ2) is 3.21. The molecule has 0 N–H and O–H groups in total. The van der Waals surface area contributed by atoms with Gasteiger partial charge in [0.05, 0.1) is 5.69 Å². The van der Waals surface area contributed by atoms with Crippen LogP contribution in [0.4, 0.5) is 0 Å². The van der Waals surface area contributed by atoms with Gasteiger partial charge in [-0.05, 0) is 31.5 Å². The predicted molar refractivity (Wildman–Crippen MR) is 57.7 cm³/mol. The monoisotopic (exact) mass is 244 g/mol. The Bertz CT molecular complexity index is 631. The summed E-state index contributed by atoms with van der Waals surface area (Å²) < 4.78 is 24.1. The van der Waals surface area contributed by atoms with Crippen molar-refractivity contribution in [3.63, 3.8) is 0 Å². The first-order chi connectivity index (χ1) is 6.89. The van der Waals surface area contributed by atoms with Crippen LogP contribution in [-0.2, 0) is 9.05 Å². The number of pyridine rings is 1. The third kappa shape index (κ3) is 1.72. The minimum atomic E-state index is -3.76. The molecule has 6 heteroatoms. The van der Waals surface area contributed by atoms with Gasteiger partial charge >= 0.3 is 0 Å². The van der Waals surface area contributed by atoms with Crippen molar-refractivity contribution in [1.29, 1.82) is 0 Å². The van der Waals surface area contributed by atoms with E-state index in [1.54, 1.807) is 25.3 Å². The first-order valence-electron chi connectivity index (χ1n) is 4.29. The zero-order valence-corrected chi connectivity index (χ0v) is 9.80. The quantitative estimate of drug-likeness (QED) is 0.720. The molecule has 0 aliphatic carbocycles. The summed E-state index contributed by atoms with van der Waals surface area (Å²) in [6.45, 7) is 3.54. The van der Waals surface area contributed by atoms with Crippen LogP contribution >= 0.6 is 10.7 Å². The van der Waals surface area contributed by atoms with Gasteiger partial charge in [0.25, 0.3) is 9.05 Å². The number of aromatic nitrogens is 2. The molecule has 0 fully saturated rings. The Hall–Kier alpha value is -1.07. The van der Waals surface area contributed by atoms with Gasteiger partial charge in [-0.15, -0.1) is 0 Å². The van der Waals surface area contributed by atoms with E-state index in [9.17, 15) is 8.42 Å². The van der Waals surface area contributed by atoms with Gasteiger partial charge in [0.15, 0.2) is 5.03 Å². The lowest BCUT2D eigenvalue weighted by atomic mass is 10.3. The van der Waals surface area contributed by atoms with Crippen LogP contribution < -0.4 is 0 Å². The SMILES string of the molecule is Cc1ccn2c(S(=O)(=O)Cl)c(C)nc2c1. The molecule has 0 unspecified atom stereocenters. The van der Waals surface area contributed by atoms with E-state index >= 15 is 0 Å². The van der Waals surface area contributed by atoms with Crippen molar-refractivity contribution >= 4 is 25.4 Å². The first-order valence-corrected chi connectivity index (χ1v) is 6.60. The van der Waals surface area contributed by atoms with Crippen LogP contribution in [0.1, 0.15) is 11.3 Å². The lowest BCUT2D eigenvalue weighted by Gasteiger charge is -1.98. The zero-order valence-electron chi connectivity index (χ0n) is 8.23. The molecule has 2 rings (SSSR count). The summed E-state index contributed by atoms with van der Waals surface area (Å²) in [7, 11) is 1.58. The molecule has 15 heavy (non-hydrogen) atoms. The maximum atomic E-state index is 11.3. The van der Waals surface area contributed by atoms with Crippen LogP contribution in [-0.4, -0.2) is 17.8 Å². The van der Waals surface area contributed by atoms with E-state index in [2.05, 4.69) is 4.98 Å². The third-order valence-electron chi connectivity index (χ3n) is 2.13. The lowest BCUT2D eigenvalue weighted by Crippen LogP contribution is -1.98. The van der Waals surface area contributed by atoms with Crippen LogP contribution in [0.3, 0.4) is 0 Å². The standard InChI is InChI=1S/C9H9ClN2O2S/c1-6-3-4-12-8(5-6)11-7(2)9(12)15(10,13)14/h3-5H,1-2H3. The zero-order chi connectivity index (χ0) is 11.2. The molecular formula is C9H9ClN2O2S. The Morgan fingerprint density at radius 3 is 2.67 bits per heavy atom. The summed E-state index contributed by atoms with van der Waals surface area (Å²) in [6, 6.07) is 3.61. The molecular weight excluding hydrogens is 236 g/mol. The molecule has 2 aromatic rings. The molecule has 0 saturated carbocycles. The van der Waals surface area contributed by atoms with E-state index in [0.717, 1.165) is 5.56 Å². The number of halogens is 1. The van der Waals surface area contributed by atoms with Crippen molar-refractivity contribution in [2.45, 2.75) is 18.9 Å². The van der Waals surface area contributed by atoms with Crippen LogP contribution in [0.2, 0.25) is 0 Å². The smallest absolute Gasteiger partial charge is 0.279 e. The highest BCUT2D eigenvalue weighted by Crippen LogP contribution is 2.21. The fourth-order valence-corrected chi connectivity index (χ4v) is 2.88. The number of imidazole rings is 1. The summed E-state index contributed by atoms with van der Waals surface area (Å²) in [6.07, 6.45) is 1.65. The molecule has 0 atom stereocenters. The lowest BCUT2D eigenvalue weighted by molar-refractivity contribution is 0.604. The molecule has 0 radical (unpaired) electrons. The highest BCUT2D eigenvalue weighted by Gasteiger charge is 2.20. The number of hydrogen-bond donors (Lipinski definition) is 0. The minimum absolute atomic E-state index is 0.0409. The Morgan fingerprint density at radius 1 is 1.40 bits per heavy atom. The average molecular weight is 245 g/mol. The van der Waals surface area contributed by atoms with Crippen molar-refractivity contribution in [1.82, 2.24) is 9.38 Å². The Labute approximate surface area is 91.9 Å². The summed E-state index contributed by atoms with van der Waals surface area (Å²) in [5, 5.41) is 0.0409. The van der Waals surface area contributed by atoms with E-state index < -0.39 is 9.05 Å². The number of hydrogen-bond acceptors (Lipinski definition) is 3. The minimum Gasteiger partial charge on any atom is -0.289 e. The molecule has 0 bridgehead atoms. The van der Waals surface area contributed by atoms with E-state index in [1.165, 1.54) is 4.40 Å². The van der Waals surface area contributed by atoms with Crippen LogP contribution in [0.15, 0.2) is 23.4 Å². The summed E-state index contributed by atoms with van der Waals surface area (Å²) in [4.78, 5) is 4.14. The van der Waals surface area contributed by atoms with Crippen molar-refractivity contribution in [2.24, 2.45) is 0 Å². The molecule has 0 aromatic carbocycles. The number of nitrogens with zero attached hydrogens (tertiary/aromatic N) is 2. The Balaban J connectivity index is 2.92. The highest BCUT2D eigenvalue weighted by molar-refractivity contribution is 8.13. The Morgan fingerprint density at radius 2 is 2.07 bits per heavy atom. The number of rotatable bonds is 1. The van der Waals surface area contributed by atoms with Crippen molar-refractivity contribution < 1.29 is 8.42 Å². The molecule has 0 aliphatic heterocycles. The van der Waals surface area contributed by atoms with E-state index in [-0.39, 0.29) is 5.03 Å². The van der Waals surface area contributed by atoms with Gasteiger partial charge in [0.1, 0.15) is 5.65 Å². The van der Waals surface area contributed by atoms with Gasteiger partial charge in [-0.3, -0.25) is 4.40 Å². The van der Waals surface area contributed by atoms with Gasteiger partial charge in [-0.2, -0.15) is 0 Å². The van der Waals surface area contributed by atoms with Crippen LogP contribution in [0, 0.1) is 13.8 Å². The number of fused-ring (bicyclic) bond motifs is 1. The second-order valence-corrected chi connectivity index (χ2v) is 5.85. The van der Waals surface area contributed by atoms with Gasteiger partial charge in [-0.1, -0.05) is 0 Å². The second-order valence-electron chi connectivity index (χ2n) is 3.37. The summed E-state index contributed by atoms with van der Waals surface area (Å²) in [5.41, 5.74) is 2.02. The molecule has 4 nitrogen and oxygen atoms in total. The van der Waals surface area contributed by atoms with E-state index in [0.29, 0.717) is 11.3 Å². The maximum absolute atomic E-state index is 11.3. The fraction of sp³-hybridized carbons (Fsp3) is 0.222. The molecule has 2 aromatic heterocycles. The van der Waals surface area contributed by atoms with Crippen LogP contribution in [0.5, 0.6) is 0 Å². The van der Waals surface area contributed by atoms with Crippen molar-refractivity contribution in [2.75, 3.05) is 0 Å². The van der Waals surface area contributed by atoms with Crippen LogP contribution in [0.25, 0.3) is 5.65 Å². The van der Waals surface area contributed by atoms with Gasteiger partial charge in [-0.25, -0.2) is 13.4 Å². The first kappa shape index (κ1) is 10.4. The van der Waals surface area contributed by atoms with Gasteiger partial charge in [0, 0.05) is 16.9 Å². The molecule has 80 valence electrons. The average Bonchev–Trinajstić information content (AvgIpc) is 2.38. The topological polar surface area (TPSA) is 51.4 Å². The Kier molecular flexibility index (Phi) is 2.24. The third-order valence-corrected chi connectivity index (χ3v) is 3.52. The molecule has 0 aliphatic rings. The predicted octanol–water partition coefficient (Wildman–Crippen LogP) is 1.88.